The summed E-state index contributed by atoms with van der Waals surface area (Å²) in [5.74, 6) is 0. The molecule has 0 bridgehead atoms. The highest BCUT2D eigenvalue weighted by atomic mass is 35.5. The average molecular weight is 329 g/mol. The van der Waals surface area contributed by atoms with Crippen molar-refractivity contribution < 1.29 is 14.4 Å². The van der Waals surface area contributed by atoms with E-state index in [2.05, 4.69) is 0 Å². The van der Waals surface area contributed by atoms with E-state index in [-0.39, 0.29) is 6.61 Å². The second-order valence-electron chi connectivity index (χ2n) is 6.13. The van der Waals surface area contributed by atoms with Crippen LogP contribution in [0.3, 0.4) is 0 Å². The third-order valence-electron chi connectivity index (χ3n) is 4.04. The maximum Gasteiger partial charge on any atom is 0.492 e. The molecule has 0 spiro atoms. The van der Waals surface area contributed by atoms with Crippen molar-refractivity contribution in [1.82, 2.24) is 0 Å². The molecule has 1 N–H and O–H groups in total. The highest BCUT2D eigenvalue weighted by Crippen LogP contribution is 2.39. The van der Waals surface area contributed by atoms with E-state index in [9.17, 15) is 5.11 Å². The van der Waals surface area contributed by atoms with Crippen molar-refractivity contribution in [3.05, 3.63) is 39.3 Å². The van der Waals surface area contributed by atoms with E-state index in [4.69, 9.17) is 32.5 Å². The number of hydrogen-bond acceptors (Lipinski definition) is 3. The van der Waals surface area contributed by atoms with E-state index in [1.807, 2.05) is 27.7 Å². The largest absolute Gasteiger partial charge is 0.492 e. The molecule has 1 aromatic carbocycles. The Bertz CT molecular complexity index is 554. The lowest BCUT2D eigenvalue weighted by Crippen LogP contribution is -2.41. The van der Waals surface area contributed by atoms with Crippen LogP contribution in [0.25, 0.3) is 6.08 Å². The second-order valence-corrected chi connectivity index (χ2v) is 6.98. The first-order chi connectivity index (χ1) is 9.66. The summed E-state index contributed by atoms with van der Waals surface area (Å²) in [7, 11) is -0.602. The Hall–Kier alpha value is -0.515. The summed E-state index contributed by atoms with van der Waals surface area (Å²) in [5, 5.41) is 10.8. The van der Waals surface area contributed by atoms with Gasteiger partial charge in [0.1, 0.15) is 0 Å². The van der Waals surface area contributed by atoms with Gasteiger partial charge >= 0.3 is 7.12 Å². The van der Waals surface area contributed by atoms with Crippen LogP contribution in [0.4, 0.5) is 0 Å². The summed E-state index contributed by atoms with van der Waals surface area (Å²) in [4.78, 5) is 0. The SMILES string of the molecule is CC1(C)OB(C(=Cc2cc(Cl)ccc2Cl)CO)OC1(C)C. The fourth-order valence-corrected chi connectivity index (χ4v) is 2.36. The molecule has 1 aliphatic rings. The molecule has 0 unspecified atom stereocenters. The lowest BCUT2D eigenvalue weighted by molar-refractivity contribution is 0.00578. The highest BCUT2D eigenvalue weighted by molar-refractivity contribution is 6.56. The zero-order chi connectivity index (χ0) is 15.8. The quantitative estimate of drug-likeness (QED) is 0.852. The monoisotopic (exact) mass is 328 g/mol. The zero-order valence-corrected chi connectivity index (χ0v) is 14.1. The first-order valence-corrected chi connectivity index (χ1v) is 7.54. The first-order valence-electron chi connectivity index (χ1n) is 6.78. The molecule has 2 rings (SSSR count). The van der Waals surface area contributed by atoms with Crippen LogP contribution in [0.5, 0.6) is 0 Å². The number of halogens is 2. The summed E-state index contributed by atoms with van der Waals surface area (Å²) < 4.78 is 11.9. The van der Waals surface area contributed by atoms with Gasteiger partial charge in [0.05, 0.1) is 17.8 Å². The van der Waals surface area contributed by atoms with Crippen LogP contribution < -0.4 is 0 Å². The Balaban J connectivity index is 2.33. The van der Waals surface area contributed by atoms with Crippen LogP contribution in [-0.2, 0) is 9.31 Å². The van der Waals surface area contributed by atoms with Crippen molar-refractivity contribution in [2.75, 3.05) is 6.61 Å². The van der Waals surface area contributed by atoms with Crippen LogP contribution in [-0.4, -0.2) is 30.0 Å². The minimum absolute atomic E-state index is 0.181. The van der Waals surface area contributed by atoms with Gasteiger partial charge in [-0.25, -0.2) is 0 Å². The van der Waals surface area contributed by atoms with Gasteiger partial charge in [-0.05, 0) is 56.9 Å². The summed E-state index contributed by atoms with van der Waals surface area (Å²) in [6.45, 7) is 7.69. The van der Waals surface area contributed by atoms with E-state index in [1.165, 1.54) is 0 Å². The van der Waals surface area contributed by atoms with Gasteiger partial charge in [0, 0.05) is 10.0 Å². The smallest absolute Gasteiger partial charge is 0.400 e. The van der Waals surface area contributed by atoms with Gasteiger partial charge < -0.3 is 14.4 Å². The minimum atomic E-state index is -0.602. The van der Waals surface area contributed by atoms with Crippen LogP contribution in [0.1, 0.15) is 33.3 Å². The van der Waals surface area contributed by atoms with E-state index in [0.29, 0.717) is 15.5 Å². The molecule has 114 valence electrons. The highest BCUT2D eigenvalue weighted by Gasteiger charge is 2.52. The van der Waals surface area contributed by atoms with E-state index in [1.54, 1.807) is 24.3 Å². The molecule has 3 nitrogen and oxygen atoms in total. The van der Waals surface area contributed by atoms with Crippen molar-refractivity contribution in [3.8, 4) is 0 Å². The second kappa shape index (κ2) is 5.94. The molecular weight excluding hydrogens is 310 g/mol. The van der Waals surface area contributed by atoms with Gasteiger partial charge in [-0.3, -0.25) is 0 Å². The average Bonchev–Trinajstić information content (AvgIpc) is 2.59. The molecule has 0 aliphatic carbocycles. The molecule has 1 aromatic rings. The Kier molecular flexibility index (Phi) is 4.76. The van der Waals surface area contributed by atoms with Gasteiger partial charge in [0.15, 0.2) is 0 Å². The zero-order valence-electron chi connectivity index (χ0n) is 12.6. The number of aliphatic hydroxyl groups excluding tert-OH is 1. The van der Waals surface area contributed by atoms with Crippen LogP contribution in [0.15, 0.2) is 23.7 Å². The van der Waals surface area contributed by atoms with Gasteiger partial charge in [0.25, 0.3) is 0 Å². The summed E-state index contributed by atoms with van der Waals surface area (Å²) >= 11 is 12.1. The topological polar surface area (TPSA) is 38.7 Å². The maximum atomic E-state index is 9.64. The molecule has 1 heterocycles. The van der Waals surface area contributed by atoms with Gasteiger partial charge in [-0.2, -0.15) is 0 Å². The van der Waals surface area contributed by atoms with E-state index in [0.717, 1.165) is 5.56 Å². The predicted octanol–water partition coefficient (Wildman–Crippen LogP) is 4.00. The Morgan fingerprint density at radius 3 is 2.29 bits per heavy atom. The third-order valence-corrected chi connectivity index (χ3v) is 4.62. The first kappa shape index (κ1) is 16.8. The Morgan fingerprint density at radius 1 is 1.19 bits per heavy atom. The van der Waals surface area contributed by atoms with E-state index < -0.39 is 18.3 Å². The van der Waals surface area contributed by atoms with Crippen molar-refractivity contribution in [3.63, 3.8) is 0 Å². The molecule has 1 aliphatic heterocycles. The summed E-state index contributed by atoms with van der Waals surface area (Å²) in [6, 6.07) is 5.17. The van der Waals surface area contributed by atoms with Crippen molar-refractivity contribution in [1.29, 1.82) is 0 Å². The number of hydrogen-bond donors (Lipinski definition) is 1. The Labute approximate surface area is 136 Å². The maximum absolute atomic E-state index is 9.64. The molecular formula is C15H19BCl2O3. The fraction of sp³-hybridized carbons (Fsp3) is 0.467. The molecule has 1 fully saturated rings. The van der Waals surface area contributed by atoms with Gasteiger partial charge in [0.2, 0.25) is 0 Å². The molecule has 6 heteroatoms. The number of benzene rings is 1. The van der Waals surface area contributed by atoms with Gasteiger partial charge in [-0.15, -0.1) is 0 Å². The number of rotatable bonds is 3. The standard InChI is InChI=1S/C15H19BCl2O3/c1-14(2)15(3,4)21-16(20-14)11(9-19)7-10-8-12(17)5-6-13(10)18/h5-8,19H,9H2,1-4H3. The molecule has 0 amide bonds. The number of aliphatic hydroxyl groups is 1. The molecule has 1 saturated heterocycles. The molecule has 21 heavy (non-hydrogen) atoms. The predicted molar refractivity (Wildman–Crippen MR) is 87.6 cm³/mol. The van der Waals surface area contributed by atoms with Crippen molar-refractivity contribution in [2.45, 2.75) is 38.9 Å². The molecule has 0 saturated carbocycles. The lowest BCUT2D eigenvalue weighted by atomic mass is 9.77. The van der Waals surface area contributed by atoms with Gasteiger partial charge in [-0.1, -0.05) is 29.3 Å². The van der Waals surface area contributed by atoms with Crippen molar-refractivity contribution in [2.24, 2.45) is 0 Å². The van der Waals surface area contributed by atoms with Crippen LogP contribution in [0, 0.1) is 0 Å². The van der Waals surface area contributed by atoms with E-state index >= 15 is 0 Å². The summed E-state index contributed by atoms with van der Waals surface area (Å²) in [5.41, 5.74) is 0.425. The summed E-state index contributed by atoms with van der Waals surface area (Å²) in [6.07, 6.45) is 1.76. The molecule has 0 radical (unpaired) electrons. The Morgan fingerprint density at radius 2 is 1.76 bits per heavy atom. The molecule has 0 aromatic heterocycles. The normalized spacial score (nSPS) is 20.9. The van der Waals surface area contributed by atoms with Crippen molar-refractivity contribution >= 4 is 36.4 Å². The fourth-order valence-electron chi connectivity index (χ4n) is 2.01. The lowest BCUT2D eigenvalue weighted by Gasteiger charge is -2.32. The van der Waals surface area contributed by atoms with Crippen LogP contribution >= 0.6 is 23.2 Å². The minimum Gasteiger partial charge on any atom is -0.400 e. The molecule has 0 atom stereocenters. The third kappa shape index (κ3) is 3.46. The van der Waals surface area contributed by atoms with Crippen LogP contribution in [0.2, 0.25) is 10.0 Å².